The van der Waals surface area contributed by atoms with E-state index < -0.39 is 0 Å². The number of hydrogen-bond acceptors (Lipinski definition) is 6. The lowest BCUT2D eigenvalue weighted by molar-refractivity contribution is 0.229. The molecule has 0 radical (unpaired) electrons. The van der Waals surface area contributed by atoms with Crippen LogP contribution in [0.25, 0.3) is 11.5 Å². The van der Waals surface area contributed by atoms with Crippen LogP contribution in [0, 0.1) is 0 Å². The van der Waals surface area contributed by atoms with Crippen molar-refractivity contribution in [3.63, 3.8) is 0 Å². The second kappa shape index (κ2) is 8.50. The standard InChI is InChI=1S/C21H26N4O2/c1-2-18-9-10-19(26-18)15-24-11-6-12-25(14-13-24)16-20-22-21(27-23-20)17-7-4-3-5-8-17/h3-5,7-10H,2,6,11-16H2,1H3. The summed E-state index contributed by atoms with van der Waals surface area (Å²) < 4.78 is 11.3. The third kappa shape index (κ3) is 4.64. The summed E-state index contributed by atoms with van der Waals surface area (Å²) in [5.74, 6) is 3.46. The SMILES string of the molecule is CCc1ccc(CN2CCCN(Cc3noc(-c4ccccc4)n3)CC2)o1. The molecule has 3 heterocycles. The van der Waals surface area contributed by atoms with Crippen LogP contribution >= 0.6 is 0 Å². The quantitative estimate of drug-likeness (QED) is 0.664. The number of benzene rings is 1. The van der Waals surface area contributed by atoms with Crippen LogP contribution in [-0.2, 0) is 19.5 Å². The number of furan rings is 1. The molecular formula is C21H26N4O2. The molecule has 2 aromatic heterocycles. The van der Waals surface area contributed by atoms with Gasteiger partial charge in [-0.2, -0.15) is 4.98 Å². The molecule has 0 bridgehead atoms. The van der Waals surface area contributed by atoms with Crippen LogP contribution < -0.4 is 0 Å². The van der Waals surface area contributed by atoms with Gasteiger partial charge in [0.2, 0.25) is 0 Å². The Morgan fingerprint density at radius 1 is 0.889 bits per heavy atom. The zero-order valence-electron chi connectivity index (χ0n) is 15.8. The normalized spacial score (nSPS) is 16.5. The van der Waals surface area contributed by atoms with Gasteiger partial charge in [-0.1, -0.05) is 30.3 Å². The molecule has 1 fully saturated rings. The average Bonchev–Trinajstić information content (AvgIpc) is 3.30. The summed E-state index contributed by atoms with van der Waals surface area (Å²) in [7, 11) is 0. The van der Waals surface area contributed by atoms with Crippen molar-refractivity contribution in [2.24, 2.45) is 0 Å². The van der Waals surface area contributed by atoms with Gasteiger partial charge >= 0.3 is 0 Å². The Hall–Kier alpha value is -2.44. The summed E-state index contributed by atoms with van der Waals surface area (Å²) in [6, 6.07) is 14.1. The molecule has 0 aliphatic carbocycles. The molecule has 3 aromatic rings. The Balaban J connectivity index is 1.31. The monoisotopic (exact) mass is 366 g/mol. The van der Waals surface area contributed by atoms with Crippen molar-refractivity contribution in [2.75, 3.05) is 26.2 Å². The van der Waals surface area contributed by atoms with Crippen LogP contribution in [0.4, 0.5) is 0 Å². The third-order valence-corrected chi connectivity index (χ3v) is 4.98. The predicted molar refractivity (Wildman–Crippen MR) is 103 cm³/mol. The highest BCUT2D eigenvalue weighted by molar-refractivity contribution is 5.51. The first-order valence-electron chi connectivity index (χ1n) is 9.70. The van der Waals surface area contributed by atoms with Gasteiger partial charge in [-0.15, -0.1) is 0 Å². The summed E-state index contributed by atoms with van der Waals surface area (Å²) in [6.07, 6.45) is 2.08. The molecule has 1 aliphatic heterocycles. The van der Waals surface area contributed by atoms with Crippen LogP contribution in [0.1, 0.15) is 30.7 Å². The van der Waals surface area contributed by atoms with Crippen molar-refractivity contribution in [1.29, 1.82) is 0 Å². The molecule has 6 heteroatoms. The van der Waals surface area contributed by atoms with E-state index in [0.717, 1.165) is 75.0 Å². The molecule has 1 aromatic carbocycles. The number of rotatable bonds is 6. The van der Waals surface area contributed by atoms with Gasteiger partial charge < -0.3 is 8.94 Å². The van der Waals surface area contributed by atoms with E-state index in [1.807, 2.05) is 30.3 Å². The van der Waals surface area contributed by atoms with Gasteiger partial charge in [-0.25, -0.2) is 0 Å². The second-order valence-electron chi connectivity index (χ2n) is 7.01. The van der Waals surface area contributed by atoms with Gasteiger partial charge in [0.15, 0.2) is 5.82 Å². The fraction of sp³-hybridized carbons (Fsp3) is 0.429. The minimum atomic E-state index is 0.589. The van der Waals surface area contributed by atoms with Crippen molar-refractivity contribution in [2.45, 2.75) is 32.9 Å². The maximum atomic E-state index is 5.86. The molecule has 0 amide bonds. The Morgan fingerprint density at radius 3 is 2.37 bits per heavy atom. The lowest BCUT2D eigenvalue weighted by atomic mass is 10.2. The fourth-order valence-corrected chi connectivity index (χ4v) is 3.47. The van der Waals surface area contributed by atoms with Gasteiger partial charge in [0.1, 0.15) is 11.5 Å². The molecule has 0 atom stereocenters. The highest BCUT2D eigenvalue weighted by Gasteiger charge is 2.18. The summed E-state index contributed by atoms with van der Waals surface area (Å²) in [5, 5.41) is 4.16. The topological polar surface area (TPSA) is 58.5 Å². The lowest BCUT2D eigenvalue weighted by Crippen LogP contribution is -2.30. The van der Waals surface area contributed by atoms with Crippen molar-refractivity contribution < 1.29 is 8.94 Å². The van der Waals surface area contributed by atoms with E-state index in [9.17, 15) is 0 Å². The van der Waals surface area contributed by atoms with E-state index >= 15 is 0 Å². The zero-order valence-corrected chi connectivity index (χ0v) is 15.8. The molecular weight excluding hydrogens is 340 g/mol. The van der Waals surface area contributed by atoms with Crippen LogP contribution in [0.2, 0.25) is 0 Å². The van der Waals surface area contributed by atoms with Crippen molar-refractivity contribution >= 4 is 0 Å². The smallest absolute Gasteiger partial charge is 0.257 e. The van der Waals surface area contributed by atoms with Crippen LogP contribution in [0.3, 0.4) is 0 Å². The maximum Gasteiger partial charge on any atom is 0.257 e. The van der Waals surface area contributed by atoms with E-state index in [0.29, 0.717) is 5.89 Å². The summed E-state index contributed by atoms with van der Waals surface area (Å²) >= 11 is 0. The molecule has 1 aliphatic rings. The molecule has 0 unspecified atom stereocenters. The van der Waals surface area contributed by atoms with E-state index in [1.54, 1.807) is 0 Å². The van der Waals surface area contributed by atoms with E-state index in [2.05, 4.69) is 39.0 Å². The molecule has 27 heavy (non-hydrogen) atoms. The Labute approximate surface area is 159 Å². The molecule has 4 rings (SSSR count). The highest BCUT2D eigenvalue weighted by atomic mass is 16.5. The Bertz CT molecular complexity index is 843. The van der Waals surface area contributed by atoms with Crippen LogP contribution in [0.5, 0.6) is 0 Å². The van der Waals surface area contributed by atoms with Gasteiger partial charge in [0.05, 0.1) is 13.1 Å². The van der Waals surface area contributed by atoms with Crippen LogP contribution in [0.15, 0.2) is 51.4 Å². The molecule has 0 N–H and O–H groups in total. The molecule has 142 valence electrons. The van der Waals surface area contributed by atoms with Crippen molar-refractivity contribution in [1.82, 2.24) is 19.9 Å². The minimum absolute atomic E-state index is 0.589. The van der Waals surface area contributed by atoms with Crippen molar-refractivity contribution in [3.05, 3.63) is 59.8 Å². The average molecular weight is 366 g/mol. The minimum Gasteiger partial charge on any atom is -0.465 e. The number of aryl methyl sites for hydroxylation is 1. The number of hydrogen-bond donors (Lipinski definition) is 0. The maximum absolute atomic E-state index is 5.86. The largest absolute Gasteiger partial charge is 0.465 e. The molecule has 1 saturated heterocycles. The number of nitrogens with zero attached hydrogens (tertiary/aromatic N) is 4. The highest BCUT2D eigenvalue weighted by Crippen LogP contribution is 2.18. The lowest BCUT2D eigenvalue weighted by Gasteiger charge is -2.20. The first-order chi connectivity index (χ1) is 13.3. The summed E-state index contributed by atoms with van der Waals surface area (Å²) in [5.41, 5.74) is 0.961. The first-order valence-corrected chi connectivity index (χ1v) is 9.70. The van der Waals surface area contributed by atoms with E-state index in [-0.39, 0.29) is 0 Å². The van der Waals surface area contributed by atoms with Gasteiger partial charge in [-0.05, 0) is 43.8 Å². The summed E-state index contributed by atoms with van der Waals surface area (Å²) in [4.78, 5) is 9.42. The van der Waals surface area contributed by atoms with Crippen LogP contribution in [-0.4, -0.2) is 46.1 Å². The Morgan fingerprint density at radius 2 is 1.63 bits per heavy atom. The molecule has 0 saturated carbocycles. The third-order valence-electron chi connectivity index (χ3n) is 4.98. The Kier molecular flexibility index (Phi) is 5.65. The summed E-state index contributed by atoms with van der Waals surface area (Å²) in [6.45, 7) is 7.87. The van der Waals surface area contributed by atoms with Gasteiger partial charge in [0.25, 0.3) is 5.89 Å². The van der Waals surface area contributed by atoms with Gasteiger partial charge in [-0.3, -0.25) is 9.80 Å². The van der Waals surface area contributed by atoms with E-state index in [4.69, 9.17) is 8.94 Å². The zero-order chi connectivity index (χ0) is 18.5. The van der Waals surface area contributed by atoms with Crippen molar-refractivity contribution in [3.8, 4) is 11.5 Å². The number of aromatic nitrogens is 2. The molecule has 0 spiro atoms. The van der Waals surface area contributed by atoms with E-state index in [1.165, 1.54) is 0 Å². The molecule has 6 nitrogen and oxygen atoms in total. The predicted octanol–water partition coefficient (Wildman–Crippen LogP) is 3.60. The second-order valence-corrected chi connectivity index (χ2v) is 7.01. The van der Waals surface area contributed by atoms with Gasteiger partial charge in [0, 0.05) is 25.1 Å². The fourth-order valence-electron chi connectivity index (χ4n) is 3.47. The first kappa shape index (κ1) is 17.9.